The molecule has 1 unspecified atom stereocenters. The van der Waals surface area contributed by atoms with Crippen LogP contribution in [0.5, 0.6) is 0 Å². The summed E-state index contributed by atoms with van der Waals surface area (Å²) in [6.07, 6.45) is 4.53. The highest BCUT2D eigenvalue weighted by molar-refractivity contribution is 5.77. The fourth-order valence-corrected chi connectivity index (χ4v) is 2.10. The minimum Gasteiger partial charge on any atom is -0.479 e. The number of carboxylic acid groups (broad SMARTS) is 1. The highest BCUT2D eigenvalue weighted by Gasteiger charge is 2.38. The Hall–Kier alpha value is -1.35. The van der Waals surface area contributed by atoms with E-state index < -0.39 is 11.6 Å². The van der Waals surface area contributed by atoms with Gasteiger partial charge < -0.3 is 9.84 Å². The standard InChI is InChI=1S/C15H20O3/c1-15(14(16)17,18-13-8-5-9-13)11-10-12-6-3-2-4-7-12/h2-4,6-7,13H,5,8-11H2,1H3,(H,16,17). The molecule has 0 spiro atoms. The molecule has 0 amide bonds. The van der Waals surface area contributed by atoms with Crippen molar-refractivity contribution in [1.29, 1.82) is 0 Å². The summed E-state index contributed by atoms with van der Waals surface area (Å²) >= 11 is 0. The van der Waals surface area contributed by atoms with Gasteiger partial charge in [-0.3, -0.25) is 0 Å². The minimum atomic E-state index is -1.05. The van der Waals surface area contributed by atoms with E-state index in [4.69, 9.17) is 4.74 Å². The van der Waals surface area contributed by atoms with Crippen molar-refractivity contribution >= 4 is 5.97 Å². The fourth-order valence-electron chi connectivity index (χ4n) is 2.10. The van der Waals surface area contributed by atoms with Crippen LogP contribution in [-0.4, -0.2) is 22.8 Å². The van der Waals surface area contributed by atoms with E-state index in [9.17, 15) is 9.90 Å². The Morgan fingerprint density at radius 1 is 1.39 bits per heavy atom. The number of aliphatic carboxylic acids is 1. The molecule has 2 rings (SSSR count). The number of carboxylic acids is 1. The molecule has 0 bridgehead atoms. The molecule has 1 aliphatic carbocycles. The summed E-state index contributed by atoms with van der Waals surface area (Å²) in [5.74, 6) is -0.856. The van der Waals surface area contributed by atoms with E-state index in [1.54, 1.807) is 6.92 Å². The molecule has 1 N–H and O–H groups in total. The third kappa shape index (κ3) is 3.10. The lowest BCUT2D eigenvalue weighted by molar-refractivity contribution is -0.178. The lowest BCUT2D eigenvalue weighted by Crippen LogP contribution is -2.43. The van der Waals surface area contributed by atoms with Crippen LogP contribution in [0.25, 0.3) is 0 Å². The molecule has 0 heterocycles. The fraction of sp³-hybridized carbons (Fsp3) is 0.533. The summed E-state index contributed by atoms with van der Waals surface area (Å²) in [6, 6.07) is 9.95. The van der Waals surface area contributed by atoms with E-state index >= 15 is 0 Å². The lowest BCUT2D eigenvalue weighted by atomic mass is 9.92. The van der Waals surface area contributed by atoms with Crippen molar-refractivity contribution in [2.75, 3.05) is 0 Å². The third-order valence-electron chi connectivity index (χ3n) is 3.66. The van der Waals surface area contributed by atoms with Crippen LogP contribution in [-0.2, 0) is 16.0 Å². The summed E-state index contributed by atoms with van der Waals surface area (Å²) in [7, 11) is 0. The van der Waals surface area contributed by atoms with E-state index in [1.807, 2.05) is 30.3 Å². The maximum Gasteiger partial charge on any atom is 0.335 e. The molecule has 1 atom stereocenters. The van der Waals surface area contributed by atoms with Gasteiger partial charge in [0.25, 0.3) is 0 Å². The number of hydrogen-bond donors (Lipinski definition) is 1. The first-order chi connectivity index (χ1) is 8.60. The lowest BCUT2D eigenvalue weighted by Gasteiger charge is -2.35. The molecule has 0 radical (unpaired) electrons. The van der Waals surface area contributed by atoms with Crippen LogP contribution < -0.4 is 0 Å². The summed E-state index contributed by atoms with van der Waals surface area (Å²) < 4.78 is 5.76. The van der Waals surface area contributed by atoms with Crippen molar-refractivity contribution in [2.24, 2.45) is 0 Å². The molecule has 18 heavy (non-hydrogen) atoms. The minimum absolute atomic E-state index is 0.141. The highest BCUT2D eigenvalue weighted by atomic mass is 16.5. The molecular formula is C15H20O3. The second-order valence-corrected chi connectivity index (χ2v) is 5.19. The first-order valence-corrected chi connectivity index (χ1v) is 6.55. The predicted molar refractivity (Wildman–Crippen MR) is 69.5 cm³/mol. The maximum atomic E-state index is 11.4. The van der Waals surface area contributed by atoms with Gasteiger partial charge in [0.1, 0.15) is 0 Å². The summed E-state index contributed by atoms with van der Waals surface area (Å²) in [5, 5.41) is 9.35. The number of ether oxygens (including phenoxy) is 1. The number of hydrogen-bond acceptors (Lipinski definition) is 2. The van der Waals surface area contributed by atoms with Gasteiger partial charge in [-0.05, 0) is 44.6 Å². The van der Waals surface area contributed by atoms with Gasteiger partial charge in [-0.2, -0.15) is 0 Å². The Morgan fingerprint density at radius 2 is 2.06 bits per heavy atom. The number of carbonyl (C=O) groups is 1. The van der Waals surface area contributed by atoms with E-state index in [0.29, 0.717) is 6.42 Å². The molecule has 0 aromatic heterocycles. The zero-order valence-electron chi connectivity index (χ0n) is 10.8. The Kier molecular flexibility index (Phi) is 4.02. The molecule has 0 aliphatic heterocycles. The Labute approximate surface area is 108 Å². The third-order valence-corrected chi connectivity index (χ3v) is 3.66. The van der Waals surface area contributed by atoms with Gasteiger partial charge in [0.2, 0.25) is 0 Å². The SMILES string of the molecule is CC(CCc1ccccc1)(OC1CCC1)C(=O)O. The van der Waals surface area contributed by atoms with Crippen LogP contribution >= 0.6 is 0 Å². The normalized spacial score (nSPS) is 18.9. The summed E-state index contributed by atoms with van der Waals surface area (Å²) in [4.78, 5) is 11.4. The summed E-state index contributed by atoms with van der Waals surface area (Å²) in [5.41, 5.74) is 0.100. The Morgan fingerprint density at radius 3 is 2.56 bits per heavy atom. The number of benzene rings is 1. The molecule has 3 heteroatoms. The zero-order chi connectivity index (χ0) is 13.0. The quantitative estimate of drug-likeness (QED) is 0.841. The number of rotatable bonds is 6. The largest absolute Gasteiger partial charge is 0.479 e. The summed E-state index contributed by atoms with van der Waals surface area (Å²) in [6.45, 7) is 1.69. The smallest absolute Gasteiger partial charge is 0.335 e. The van der Waals surface area contributed by atoms with Crippen LogP contribution in [0.3, 0.4) is 0 Å². The van der Waals surface area contributed by atoms with Gasteiger partial charge in [0.15, 0.2) is 5.60 Å². The number of aryl methyl sites for hydroxylation is 1. The van der Waals surface area contributed by atoms with Crippen molar-refractivity contribution < 1.29 is 14.6 Å². The molecular weight excluding hydrogens is 228 g/mol. The average molecular weight is 248 g/mol. The Bertz CT molecular complexity index is 397. The second kappa shape index (κ2) is 5.53. The topological polar surface area (TPSA) is 46.5 Å². The highest BCUT2D eigenvalue weighted by Crippen LogP contribution is 2.30. The molecule has 0 saturated heterocycles. The van der Waals surface area contributed by atoms with Gasteiger partial charge in [-0.15, -0.1) is 0 Å². The Balaban J connectivity index is 1.95. The zero-order valence-corrected chi connectivity index (χ0v) is 10.8. The van der Waals surface area contributed by atoms with E-state index in [1.165, 1.54) is 0 Å². The van der Waals surface area contributed by atoms with Crippen molar-refractivity contribution in [3.8, 4) is 0 Å². The molecule has 3 nitrogen and oxygen atoms in total. The monoisotopic (exact) mass is 248 g/mol. The molecule has 1 saturated carbocycles. The van der Waals surface area contributed by atoms with Gasteiger partial charge in [0.05, 0.1) is 6.10 Å². The molecule has 1 fully saturated rings. The van der Waals surface area contributed by atoms with Crippen LogP contribution in [0, 0.1) is 0 Å². The van der Waals surface area contributed by atoms with Crippen molar-refractivity contribution in [3.05, 3.63) is 35.9 Å². The van der Waals surface area contributed by atoms with E-state index in [2.05, 4.69) is 0 Å². The van der Waals surface area contributed by atoms with E-state index in [-0.39, 0.29) is 6.10 Å². The van der Waals surface area contributed by atoms with Gasteiger partial charge in [-0.1, -0.05) is 30.3 Å². The van der Waals surface area contributed by atoms with Gasteiger partial charge in [-0.25, -0.2) is 4.79 Å². The average Bonchev–Trinajstić information content (AvgIpc) is 2.33. The molecule has 1 aromatic carbocycles. The maximum absolute atomic E-state index is 11.4. The van der Waals surface area contributed by atoms with Crippen molar-refractivity contribution in [1.82, 2.24) is 0 Å². The van der Waals surface area contributed by atoms with Crippen LogP contribution in [0.15, 0.2) is 30.3 Å². The molecule has 98 valence electrons. The first kappa shape index (κ1) is 13.1. The first-order valence-electron chi connectivity index (χ1n) is 6.55. The van der Waals surface area contributed by atoms with Crippen LogP contribution in [0.2, 0.25) is 0 Å². The van der Waals surface area contributed by atoms with Gasteiger partial charge in [0, 0.05) is 0 Å². The van der Waals surface area contributed by atoms with E-state index in [0.717, 1.165) is 31.2 Å². The van der Waals surface area contributed by atoms with Crippen LogP contribution in [0.4, 0.5) is 0 Å². The van der Waals surface area contributed by atoms with Crippen molar-refractivity contribution in [3.63, 3.8) is 0 Å². The van der Waals surface area contributed by atoms with Crippen molar-refractivity contribution in [2.45, 2.75) is 50.7 Å². The van der Waals surface area contributed by atoms with Gasteiger partial charge >= 0.3 is 5.97 Å². The molecule has 1 aromatic rings. The van der Waals surface area contributed by atoms with Crippen LogP contribution in [0.1, 0.15) is 38.2 Å². The second-order valence-electron chi connectivity index (χ2n) is 5.19. The molecule has 1 aliphatic rings. The predicted octanol–water partition coefficient (Wildman–Crippen LogP) is 3.03.